The number of nitrogens with zero attached hydrogens (tertiary/aromatic N) is 1. The van der Waals surface area contributed by atoms with E-state index in [2.05, 4.69) is 4.90 Å². The number of anilines is 1. The summed E-state index contributed by atoms with van der Waals surface area (Å²) in [7, 11) is 0. The Morgan fingerprint density at radius 2 is 2.10 bits per heavy atom. The van der Waals surface area contributed by atoms with E-state index in [4.69, 9.17) is 4.74 Å². The molecule has 1 heterocycles. The van der Waals surface area contributed by atoms with Gasteiger partial charge in [-0.3, -0.25) is 0 Å². The van der Waals surface area contributed by atoms with Crippen molar-refractivity contribution in [2.24, 2.45) is 0 Å². The van der Waals surface area contributed by atoms with Crippen molar-refractivity contribution in [3.63, 3.8) is 0 Å². The van der Waals surface area contributed by atoms with Crippen LogP contribution in [-0.2, 0) is 4.74 Å². The van der Waals surface area contributed by atoms with Gasteiger partial charge in [-0.15, -0.1) is 0 Å². The quantitative estimate of drug-likeness (QED) is 0.903. The number of benzene rings is 1. The van der Waals surface area contributed by atoms with Gasteiger partial charge in [0.15, 0.2) is 0 Å². The molecular weight excluding hydrogens is 257 g/mol. The Balaban J connectivity index is 2.43. The summed E-state index contributed by atoms with van der Waals surface area (Å²) in [5.74, 6) is -0.273. The predicted octanol–water partition coefficient (Wildman–Crippen LogP) is 3.19. The Bertz CT molecular complexity index is 499. The second kappa shape index (κ2) is 5.34. The zero-order chi connectivity index (χ0) is 15.1. The fourth-order valence-electron chi connectivity index (χ4n) is 2.93. The number of aliphatic hydroxyl groups is 1. The summed E-state index contributed by atoms with van der Waals surface area (Å²) < 4.78 is 19.7. The van der Waals surface area contributed by atoms with Crippen LogP contribution in [-0.4, -0.2) is 29.9 Å². The molecule has 112 valence electrons. The molecule has 0 bridgehead atoms. The molecule has 0 saturated carbocycles. The van der Waals surface area contributed by atoms with Crippen molar-refractivity contribution in [2.45, 2.75) is 52.4 Å². The summed E-state index contributed by atoms with van der Waals surface area (Å²) in [6, 6.07) is 3.27. The Morgan fingerprint density at radius 1 is 1.45 bits per heavy atom. The second-order valence-electron chi connectivity index (χ2n) is 6.40. The minimum Gasteiger partial charge on any atom is -0.389 e. The molecule has 0 aliphatic carbocycles. The molecule has 20 heavy (non-hydrogen) atoms. The fourth-order valence-corrected chi connectivity index (χ4v) is 2.93. The molecule has 4 heteroatoms. The van der Waals surface area contributed by atoms with Gasteiger partial charge in [-0.2, -0.15) is 0 Å². The van der Waals surface area contributed by atoms with Crippen LogP contribution in [0.15, 0.2) is 12.1 Å². The highest BCUT2D eigenvalue weighted by Crippen LogP contribution is 2.33. The lowest BCUT2D eigenvalue weighted by Crippen LogP contribution is -2.52. The van der Waals surface area contributed by atoms with E-state index in [0.29, 0.717) is 11.1 Å². The van der Waals surface area contributed by atoms with Crippen LogP contribution in [0.5, 0.6) is 0 Å². The Hall–Kier alpha value is -1.13. The molecule has 3 nitrogen and oxygen atoms in total. The largest absolute Gasteiger partial charge is 0.389 e. The molecule has 0 radical (unpaired) electrons. The maximum atomic E-state index is 13.8. The zero-order valence-corrected chi connectivity index (χ0v) is 12.9. The van der Waals surface area contributed by atoms with Gasteiger partial charge in [0.05, 0.1) is 17.8 Å². The average molecular weight is 281 g/mol. The van der Waals surface area contributed by atoms with Gasteiger partial charge in [-0.25, -0.2) is 4.39 Å². The number of hydrogen-bond acceptors (Lipinski definition) is 3. The number of rotatable bonds is 2. The summed E-state index contributed by atoms with van der Waals surface area (Å²) in [5.41, 5.74) is 1.89. The van der Waals surface area contributed by atoms with Crippen LogP contribution < -0.4 is 4.90 Å². The highest BCUT2D eigenvalue weighted by atomic mass is 19.1. The topological polar surface area (TPSA) is 32.7 Å². The summed E-state index contributed by atoms with van der Waals surface area (Å²) in [6.45, 7) is 11.0. The van der Waals surface area contributed by atoms with E-state index in [1.807, 2.05) is 26.8 Å². The van der Waals surface area contributed by atoms with E-state index in [1.54, 1.807) is 13.8 Å². The van der Waals surface area contributed by atoms with Crippen LogP contribution in [0.4, 0.5) is 10.1 Å². The molecule has 0 spiro atoms. The number of ether oxygens (including phenoxy) is 1. The van der Waals surface area contributed by atoms with Crippen molar-refractivity contribution in [3.8, 4) is 0 Å². The number of hydrogen-bond donors (Lipinski definition) is 1. The monoisotopic (exact) mass is 281 g/mol. The minimum absolute atomic E-state index is 0.103. The zero-order valence-electron chi connectivity index (χ0n) is 12.9. The lowest BCUT2D eigenvalue weighted by Gasteiger charge is -2.43. The first kappa shape index (κ1) is 15.3. The van der Waals surface area contributed by atoms with Gasteiger partial charge in [0.2, 0.25) is 0 Å². The first-order chi connectivity index (χ1) is 9.19. The standard InChI is InChI=1S/C16H24FNO2/c1-10-6-15(13(12(3)19)7-14(10)17)18-8-11(2)20-16(4,5)9-18/h6-7,11-12,19H,8-9H2,1-5H3/t11?,12-/m1/s1. The van der Waals surface area contributed by atoms with Crippen LogP contribution in [0.2, 0.25) is 0 Å². The molecule has 2 atom stereocenters. The Kier molecular flexibility index (Phi) is 4.07. The molecule has 1 saturated heterocycles. The highest BCUT2D eigenvalue weighted by Gasteiger charge is 2.32. The number of halogens is 1. The molecule has 0 amide bonds. The first-order valence-corrected chi connectivity index (χ1v) is 7.10. The van der Waals surface area contributed by atoms with E-state index in [0.717, 1.165) is 18.8 Å². The first-order valence-electron chi connectivity index (χ1n) is 7.10. The number of morpholine rings is 1. The molecule has 1 N–H and O–H groups in total. The second-order valence-corrected chi connectivity index (χ2v) is 6.40. The normalized spacial score (nSPS) is 23.8. The van der Waals surface area contributed by atoms with Gasteiger partial charge in [0.25, 0.3) is 0 Å². The van der Waals surface area contributed by atoms with E-state index in [1.165, 1.54) is 6.07 Å². The summed E-state index contributed by atoms with van der Waals surface area (Å²) in [5, 5.41) is 9.92. The molecule has 1 aromatic rings. The predicted molar refractivity (Wildman–Crippen MR) is 78.6 cm³/mol. The maximum Gasteiger partial charge on any atom is 0.126 e. The van der Waals surface area contributed by atoms with Gasteiger partial charge in [0, 0.05) is 24.3 Å². The van der Waals surface area contributed by atoms with Crippen LogP contribution >= 0.6 is 0 Å². The molecular formula is C16H24FNO2. The number of aryl methyl sites for hydroxylation is 1. The van der Waals surface area contributed by atoms with Crippen LogP contribution in [0.25, 0.3) is 0 Å². The molecule has 2 rings (SSSR count). The van der Waals surface area contributed by atoms with E-state index < -0.39 is 6.10 Å². The van der Waals surface area contributed by atoms with E-state index >= 15 is 0 Å². The van der Waals surface area contributed by atoms with Gasteiger partial charge < -0.3 is 14.7 Å². The summed E-state index contributed by atoms with van der Waals surface area (Å²) in [4.78, 5) is 2.18. The number of aliphatic hydroxyl groups excluding tert-OH is 1. The molecule has 1 unspecified atom stereocenters. The minimum atomic E-state index is -0.693. The van der Waals surface area contributed by atoms with Crippen LogP contribution in [0.1, 0.15) is 44.9 Å². The van der Waals surface area contributed by atoms with Crippen molar-refractivity contribution < 1.29 is 14.2 Å². The average Bonchev–Trinajstić information content (AvgIpc) is 2.29. The van der Waals surface area contributed by atoms with Crippen molar-refractivity contribution in [1.29, 1.82) is 0 Å². The molecule has 1 fully saturated rings. The molecule has 1 aliphatic rings. The lowest BCUT2D eigenvalue weighted by atomic mass is 10.00. The summed E-state index contributed by atoms with van der Waals surface area (Å²) in [6.07, 6.45) is -0.590. The maximum absolute atomic E-state index is 13.8. The van der Waals surface area contributed by atoms with Crippen LogP contribution in [0, 0.1) is 12.7 Å². The van der Waals surface area contributed by atoms with Gasteiger partial charge >= 0.3 is 0 Å². The van der Waals surface area contributed by atoms with E-state index in [9.17, 15) is 9.50 Å². The fraction of sp³-hybridized carbons (Fsp3) is 0.625. The molecule has 0 aromatic heterocycles. The Morgan fingerprint density at radius 3 is 2.65 bits per heavy atom. The molecule has 1 aliphatic heterocycles. The van der Waals surface area contributed by atoms with Gasteiger partial charge in [-0.05, 0) is 52.3 Å². The highest BCUT2D eigenvalue weighted by molar-refractivity contribution is 5.57. The lowest BCUT2D eigenvalue weighted by molar-refractivity contribution is -0.0750. The van der Waals surface area contributed by atoms with Crippen molar-refractivity contribution in [2.75, 3.05) is 18.0 Å². The SMILES string of the molecule is Cc1cc(N2CC(C)OC(C)(C)C2)c([C@@H](C)O)cc1F. The van der Waals surface area contributed by atoms with Crippen molar-refractivity contribution in [1.82, 2.24) is 0 Å². The van der Waals surface area contributed by atoms with Crippen molar-refractivity contribution >= 4 is 5.69 Å². The molecule has 1 aromatic carbocycles. The third-order valence-corrected chi connectivity index (χ3v) is 3.67. The Labute approximate surface area is 120 Å². The van der Waals surface area contributed by atoms with Crippen LogP contribution in [0.3, 0.4) is 0 Å². The third-order valence-electron chi connectivity index (χ3n) is 3.67. The third kappa shape index (κ3) is 3.13. The van der Waals surface area contributed by atoms with Crippen molar-refractivity contribution in [3.05, 3.63) is 29.1 Å². The van der Waals surface area contributed by atoms with Gasteiger partial charge in [0.1, 0.15) is 5.82 Å². The van der Waals surface area contributed by atoms with E-state index in [-0.39, 0.29) is 17.5 Å². The smallest absolute Gasteiger partial charge is 0.126 e. The summed E-state index contributed by atoms with van der Waals surface area (Å²) >= 11 is 0. The van der Waals surface area contributed by atoms with Gasteiger partial charge in [-0.1, -0.05) is 0 Å².